The van der Waals surface area contributed by atoms with Gasteiger partial charge >= 0.3 is 0 Å². The highest BCUT2D eigenvalue weighted by Crippen LogP contribution is 2.12. The molecule has 2 heteroatoms. The minimum atomic E-state index is 0.453. The van der Waals surface area contributed by atoms with Crippen molar-refractivity contribution in [2.75, 3.05) is 6.61 Å². The van der Waals surface area contributed by atoms with E-state index >= 15 is 0 Å². The van der Waals surface area contributed by atoms with E-state index in [2.05, 4.69) is 6.07 Å². The zero-order chi connectivity index (χ0) is 11.1. The molecule has 15 heavy (non-hydrogen) atoms. The van der Waals surface area contributed by atoms with Crippen LogP contribution in [0.3, 0.4) is 0 Å². The minimum Gasteiger partial charge on any atom is -0.490 e. The van der Waals surface area contributed by atoms with Gasteiger partial charge in [-0.2, -0.15) is 5.26 Å². The number of nitrogens with zero attached hydrogens (tertiary/aromatic N) is 1. The first-order valence-electron chi connectivity index (χ1n) is 4.94. The van der Waals surface area contributed by atoms with E-state index in [4.69, 9.17) is 10.00 Å². The van der Waals surface area contributed by atoms with Crippen molar-refractivity contribution >= 4 is 0 Å². The van der Waals surface area contributed by atoms with Gasteiger partial charge in [0.2, 0.25) is 0 Å². The van der Waals surface area contributed by atoms with E-state index in [0.29, 0.717) is 13.0 Å². The fourth-order valence-electron chi connectivity index (χ4n) is 1.10. The monoisotopic (exact) mass is 201 g/mol. The Morgan fingerprint density at radius 1 is 1.33 bits per heavy atom. The molecule has 0 aliphatic rings. The molecule has 0 spiro atoms. The molecule has 0 radical (unpaired) electrons. The van der Waals surface area contributed by atoms with Crippen LogP contribution in [0.1, 0.15) is 19.4 Å². The van der Waals surface area contributed by atoms with Gasteiger partial charge in [-0.05, 0) is 37.6 Å². The average Bonchev–Trinajstić information content (AvgIpc) is 2.20. The molecule has 1 aromatic rings. The Kier molecular flexibility index (Phi) is 4.43. The fourth-order valence-corrected chi connectivity index (χ4v) is 1.10. The second-order valence-electron chi connectivity index (χ2n) is 3.57. The molecule has 0 aliphatic heterocycles. The van der Waals surface area contributed by atoms with Gasteiger partial charge in [-0.15, -0.1) is 0 Å². The van der Waals surface area contributed by atoms with Crippen molar-refractivity contribution in [3.63, 3.8) is 0 Å². The van der Waals surface area contributed by atoms with Crippen LogP contribution >= 0.6 is 0 Å². The number of ether oxygens (including phenoxy) is 1. The third kappa shape index (κ3) is 4.33. The van der Waals surface area contributed by atoms with Gasteiger partial charge in [0.05, 0.1) is 12.5 Å². The first-order chi connectivity index (χ1) is 7.22. The second-order valence-corrected chi connectivity index (χ2v) is 3.57. The summed E-state index contributed by atoms with van der Waals surface area (Å²) in [7, 11) is 0. The topological polar surface area (TPSA) is 33.0 Å². The summed E-state index contributed by atoms with van der Waals surface area (Å²) in [6.07, 6.45) is 2.48. The second kappa shape index (κ2) is 5.87. The minimum absolute atomic E-state index is 0.453. The van der Waals surface area contributed by atoms with Crippen LogP contribution < -0.4 is 4.74 Å². The zero-order valence-electron chi connectivity index (χ0n) is 9.16. The van der Waals surface area contributed by atoms with Gasteiger partial charge in [-0.25, -0.2) is 0 Å². The molecule has 0 N–H and O–H groups in total. The van der Waals surface area contributed by atoms with Crippen LogP contribution in [0.2, 0.25) is 0 Å². The summed E-state index contributed by atoms with van der Waals surface area (Å²) < 4.78 is 5.49. The van der Waals surface area contributed by atoms with Crippen molar-refractivity contribution in [2.24, 2.45) is 0 Å². The molecule has 0 saturated carbocycles. The summed E-state index contributed by atoms with van der Waals surface area (Å²) in [5, 5.41) is 8.50. The predicted molar refractivity (Wildman–Crippen MR) is 60.7 cm³/mol. The maximum absolute atomic E-state index is 8.50. The van der Waals surface area contributed by atoms with Gasteiger partial charge in [-0.1, -0.05) is 17.7 Å². The lowest BCUT2D eigenvalue weighted by Crippen LogP contribution is -1.94. The molecule has 0 unspecified atom stereocenters. The third-order valence-corrected chi connectivity index (χ3v) is 1.95. The summed E-state index contributed by atoms with van der Waals surface area (Å²) in [6, 6.07) is 9.74. The van der Waals surface area contributed by atoms with E-state index in [1.54, 1.807) is 0 Å². The molecular weight excluding hydrogens is 186 g/mol. The Labute approximate surface area is 90.8 Å². The van der Waals surface area contributed by atoms with Gasteiger partial charge in [0.1, 0.15) is 12.4 Å². The highest BCUT2D eigenvalue weighted by molar-refractivity contribution is 5.28. The van der Waals surface area contributed by atoms with E-state index in [9.17, 15) is 0 Å². The first-order valence-corrected chi connectivity index (χ1v) is 4.94. The average molecular weight is 201 g/mol. The summed E-state index contributed by atoms with van der Waals surface area (Å²) in [5.74, 6) is 0.842. The van der Waals surface area contributed by atoms with E-state index in [1.165, 1.54) is 5.57 Å². The Morgan fingerprint density at radius 3 is 2.53 bits per heavy atom. The van der Waals surface area contributed by atoms with E-state index in [-0.39, 0.29) is 0 Å². The van der Waals surface area contributed by atoms with Crippen molar-refractivity contribution in [1.82, 2.24) is 0 Å². The van der Waals surface area contributed by atoms with Crippen molar-refractivity contribution in [2.45, 2.75) is 20.3 Å². The molecule has 0 aliphatic carbocycles. The van der Waals surface area contributed by atoms with Crippen LogP contribution in [0.4, 0.5) is 0 Å². The van der Waals surface area contributed by atoms with Crippen LogP contribution in [-0.4, -0.2) is 6.61 Å². The predicted octanol–water partition coefficient (Wildman–Crippen LogP) is 3.10. The quantitative estimate of drug-likeness (QED) is 0.701. The standard InChI is InChI=1S/C13H15NO/c1-11(2)8-10-15-13-5-3-12(4-6-13)7-9-14/h3-6,8H,7,10H2,1-2H3. The lowest BCUT2D eigenvalue weighted by molar-refractivity contribution is 0.362. The largest absolute Gasteiger partial charge is 0.490 e. The number of rotatable bonds is 4. The van der Waals surface area contributed by atoms with Crippen molar-refractivity contribution in [3.8, 4) is 11.8 Å². The molecule has 0 heterocycles. The normalized spacial score (nSPS) is 9.13. The first kappa shape index (κ1) is 11.3. The molecule has 2 nitrogen and oxygen atoms in total. The van der Waals surface area contributed by atoms with Gasteiger partial charge in [0.25, 0.3) is 0 Å². The van der Waals surface area contributed by atoms with Gasteiger partial charge in [0, 0.05) is 0 Å². The lowest BCUT2D eigenvalue weighted by atomic mass is 10.2. The Bertz CT molecular complexity index is 367. The van der Waals surface area contributed by atoms with E-state index < -0.39 is 0 Å². The molecule has 0 bridgehead atoms. The van der Waals surface area contributed by atoms with Crippen LogP contribution in [0, 0.1) is 11.3 Å². The van der Waals surface area contributed by atoms with Crippen LogP contribution in [0.15, 0.2) is 35.9 Å². The number of nitriles is 1. The summed E-state index contributed by atoms with van der Waals surface area (Å²) in [6.45, 7) is 4.68. The maximum Gasteiger partial charge on any atom is 0.119 e. The molecule has 0 aromatic heterocycles. The number of benzene rings is 1. The zero-order valence-corrected chi connectivity index (χ0v) is 9.16. The van der Waals surface area contributed by atoms with Crippen molar-refractivity contribution < 1.29 is 4.74 Å². The summed E-state index contributed by atoms with van der Waals surface area (Å²) >= 11 is 0. The van der Waals surface area contributed by atoms with E-state index in [1.807, 2.05) is 44.2 Å². The summed E-state index contributed by atoms with van der Waals surface area (Å²) in [4.78, 5) is 0. The fraction of sp³-hybridized carbons (Fsp3) is 0.308. The molecule has 0 fully saturated rings. The number of hydrogen-bond acceptors (Lipinski definition) is 2. The van der Waals surface area contributed by atoms with Gasteiger partial charge < -0.3 is 4.74 Å². The molecule has 1 rings (SSSR count). The molecule has 0 atom stereocenters. The number of hydrogen-bond donors (Lipinski definition) is 0. The Hall–Kier alpha value is -1.75. The molecule has 0 amide bonds. The van der Waals surface area contributed by atoms with E-state index in [0.717, 1.165) is 11.3 Å². The van der Waals surface area contributed by atoms with Crippen molar-refractivity contribution in [3.05, 3.63) is 41.5 Å². The molecule has 1 aromatic carbocycles. The smallest absolute Gasteiger partial charge is 0.119 e. The highest BCUT2D eigenvalue weighted by Gasteiger charge is 1.93. The SMILES string of the molecule is CC(C)=CCOc1ccc(CC#N)cc1. The van der Waals surface area contributed by atoms with Crippen molar-refractivity contribution in [1.29, 1.82) is 5.26 Å². The maximum atomic E-state index is 8.50. The molecular formula is C13H15NO. The van der Waals surface area contributed by atoms with Gasteiger partial charge in [0.15, 0.2) is 0 Å². The molecule has 0 saturated heterocycles. The molecule has 78 valence electrons. The van der Waals surface area contributed by atoms with Crippen LogP contribution in [0.25, 0.3) is 0 Å². The Morgan fingerprint density at radius 2 is 2.00 bits per heavy atom. The van der Waals surface area contributed by atoms with Crippen LogP contribution in [-0.2, 0) is 6.42 Å². The number of allylic oxidation sites excluding steroid dienone is 1. The lowest BCUT2D eigenvalue weighted by Gasteiger charge is -2.03. The third-order valence-electron chi connectivity index (χ3n) is 1.95. The van der Waals surface area contributed by atoms with Crippen LogP contribution in [0.5, 0.6) is 5.75 Å². The summed E-state index contributed by atoms with van der Waals surface area (Å²) in [5.41, 5.74) is 2.27. The Balaban J connectivity index is 2.50. The van der Waals surface area contributed by atoms with Gasteiger partial charge in [-0.3, -0.25) is 0 Å². The highest BCUT2D eigenvalue weighted by atomic mass is 16.5.